The number of amides is 2. The maximum atomic E-state index is 13.6. The lowest BCUT2D eigenvalue weighted by Crippen LogP contribution is -2.73. The van der Waals surface area contributed by atoms with Crippen LogP contribution in [0.25, 0.3) is 0 Å². The van der Waals surface area contributed by atoms with E-state index >= 15 is 0 Å². The first-order chi connectivity index (χ1) is 11.9. The van der Waals surface area contributed by atoms with E-state index in [-0.39, 0.29) is 11.5 Å². The molecule has 0 aromatic carbocycles. The monoisotopic (exact) mass is 381 g/mol. The van der Waals surface area contributed by atoms with Crippen LogP contribution in [0.3, 0.4) is 0 Å². The van der Waals surface area contributed by atoms with Gasteiger partial charge in [0, 0.05) is 7.05 Å². The third-order valence-corrected chi connectivity index (χ3v) is 3.92. The standard InChI is InChI=1S/C13H14F3N3O7/c1-3-25-10(20)8-9(6-4-5-7(26-6)19(23)24)17-11(21)18(2)12(8,22)13(14,15)16/h4-5,8-9,22H,3H2,1-2H3,(H,17,21). The van der Waals surface area contributed by atoms with Gasteiger partial charge in [0.25, 0.3) is 5.72 Å². The Bertz CT molecular complexity index is 735. The molecule has 0 spiro atoms. The number of esters is 1. The summed E-state index contributed by atoms with van der Waals surface area (Å²) in [6.07, 6.45) is -5.44. The van der Waals surface area contributed by atoms with E-state index in [9.17, 15) is 38.0 Å². The van der Waals surface area contributed by atoms with E-state index in [1.54, 1.807) is 0 Å². The first kappa shape index (κ1) is 19.5. The van der Waals surface area contributed by atoms with E-state index < -0.39 is 52.4 Å². The van der Waals surface area contributed by atoms with Crippen LogP contribution >= 0.6 is 0 Å². The Kier molecular flexibility index (Phi) is 4.86. The summed E-state index contributed by atoms with van der Waals surface area (Å²) in [5, 5.41) is 23.1. The van der Waals surface area contributed by atoms with Crippen LogP contribution in [0.4, 0.5) is 23.8 Å². The van der Waals surface area contributed by atoms with E-state index in [0.717, 1.165) is 12.1 Å². The highest BCUT2D eigenvalue weighted by molar-refractivity contribution is 5.83. The highest BCUT2D eigenvalue weighted by Crippen LogP contribution is 2.47. The number of halogens is 3. The van der Waals surface area contributed by atoms with Gasteiger partial charge in [0.2, 0.25) is 0 Å². The number of carbonyl (C=O) groups excluding carboxylic acids is 2. The van der Waals surface area contributed by atoms with Gasteiger partial charge in [-0.15, -0.1) is 0 Å². The van der Waals surface area contributed by atoms with Crippen LogP contribution in [0.2, 0.25) is 0 Å². The molecule has 10 nitrogen and oxygen atoms in total. The minimum atomic E-state index is -5.44. The number of nitrogens with zero attached hydrogens (tertiary/aromatic N) is 2. The number of aliphatic hydroxyl groups is 1. The molecular formula is C13H14F3N3O7. The number of hydrogen-bond acceptors (Lipinski definition) is 7. The number of alkyl halides is 3. The Morgan fingerprint density at radius 2 is 2.15 bits per heavy atom. The lowest BCUT2D eigenvalue weighted by atomic mass is 9.83. The zero-order valence-electron chi connectivity index (χ0n) is 13.4. The van der Waals surface area contributed by atoms with Crippen LogP contribution in [0.15, 0.2) is 16.5 Å². The molecule has 0 saturated carbocycles. The highest BCUT2D eigenvalue weighted by atomic mass is 19.4. The number of ether oxygens (including phenoxy) is 1. The van der Waals surface area contributed by atoms with Crippen LogP contribution in [-0.4, -0.2) is 52.5 Å². The molecule has 0 aliphatic carbocycles. The Balaban J connectivity index is 2.62. The van der Waals surface area contributed by atoms with Gasteiger partial charge in [0.1, 0.15) is 22.6 Å². The van der Waals surface area contributed by atoms with Gasteiger partial charge in [-0.2, -0.15) is 13.2 Å². The van der Waals surface area contributed by atoms with Crippen molar-refractivity contribution in [3.05, 3.63) is 28.0 Å². The van der Waals surface area contributed by atoms with Gasteiger partial charge in [-0.3, -0.25) is 19.8 Å². The fraction of sp³-hybridized carbons (Fsp3) is 0.538. The summed E-state index contributed by atoms with van der Waals surface area (Å²) in [6, 6.07) is -1.45. The predicted molar refractivity (Wildman–Crippen MR) is 75.5 cm³/mol. The molecule has 1 aromatic rings. The van der Waals surface area contributed by atoms with Crippen LogP contribution in [0.1, 0.15) is 18.7 Å². The molecule has 0 radical (unpaired) electrons. The van der Waals surface area contributed by atoms with Gasteiger partial charge in [-0.1, -0.05) is 0 Å². The lowest BCUT2D eigenvalue weighted by molar-refractivity contribution is -0.402. The SMILES string of the molecule is CCOC(=O)C1C(c2ccc([N+](=O)[O-])o2)NC(=O)N(C)C1(O)C(F)(F)F. The van der Waals surface area contributed by atoms with E-state index in [4.69, 9.17) is 4.42 Å². The molecule has 1 saturated heterocycles. The average molecular weight is 381 g/mol. The second-order valence-corrected chi connectivity index (χ2v) is 5.37. The lowest BCUT2D eigenvalue weighted by Gasteiger charge is -2.48. The number of urea groups is 1. The average Bonchev–Trinajstić information content (AvgIpc) is 3.01. The zero-order valence-corrected chi connectivity index (χ0v) is 13.4. The predicted octanol–water partition coefficient (Wildman–Crippen LogP) is 1.31. The minimum Gasteiger partial charge on any atom is -0.466 e. The number of furan rings is 1. The quantitative estimate of drug-likeness (QED) is 0.456. The van der Waals surface area contributed by atoms with Crippen LogP contribution in [0, 0.1) is 16.0 Å². The van der Waals surface area contributed by atoms with Gasteiger partial charge in [0.15, 0.2) is 0 Å². The van der Waals surface area contributed by atoms with Crippen LogP contribution < -0.4 is 5.32 Å². The molecule has 2 N–H and O–H groups in total. The number of nitrogens with one attached hydrogen (secondary N) is 1. The molecule has 2 amide bonds. The number of hydrogen-bond donors (Lipinski definition) is 2. The molecule has 1 aromatic heterocycles. The summed E-state index contributed by atoms with van der Waals surface area (Å²) in [7, 11) is 0.649. The van der Waals surface area contributed by atoms with E-state index in [1.807, 2.05) is 0 Å². The smallest absolute Gasteiger partial charge is 0.437 e. The van der Waals surface area contributed by atoms with Crippen molar-refractivity contribution < 1.29 is 41.9 Å². The first-order valence-electron chi connectivity index (χ1n) is 7.19. The van der Waals surface area contributed by atoms with Gasteiger partial charge >= 0.3 is 24.1 Å². The highest BCUT2D eigenvalue weighted by Gasteiger charge is 2.70. The van der Waals surface area contributed by atoms with Crippen molar-refractivity contribution in [1.82, 2.24) is 10.2 Å². The largest absolute Gasteiger partial charge is 0.466 e. The van der Waals surface area contributed by atoms with Crippen molar-refractivity contribution in [2.75, 3.05) is 13.7 Å². The van der Waals surface area contributed by atoms with Crippen molar-refractivity contribution in [3.8, 4) is 0 Å². The normalized spacial score (nSPS) is 26.4. The molecule has 13 heteroatoms. The summed E-state index contributed by atoms with van der Waals surface area (Å²) in [4.78, 5) is 33.8. The molecule has 2 rings (SSSR count). The Hall–Kier alpha value is -2.83. The second-order valence-electron chi connectivity index (χ2n) is 5.37. The molecule has 1 fully saturated rings. The summed E-state index contributed by atoms with van der Waals surface area (Å²) < 4.78 is 50.2. The van der Waals surface area contributed by atoms with E-state index in [1.165, 1.54) is 6.92 Å². The third kappa shape index (κ3) is 2.94. The van der Waals surface area contributed by atoms with Gasteiger partial charge in [0.05, 0.1) is 12.7 Å². The third-order valence-electron chi connectivity index (χ3n) is 3.92. The molecule has 144 valence electrons. The van der Waals surface area contributed by atoms with Crippen molar-refractivity contribution in [1.29, 1.82) is 0 Å². The van der Waals surface area contributed by atoms with Gasteiger partial charge < -0.3 is 19.6 Å². The number of nitro groups is 1. The van der Waals surface area contributed by atoms with Crippen LogP contribution in [-0.2, 0) is 9.53 Å². The maximum absolute atomic E-state index is 13.6. The molecule has 1 aliphatic rings. The molecule has 3 unspecified atom stereocenters. The Morgan fingerprint density at radius 3 is 2.62 bits per heavy atom. The van der Waals surface area contributed by atoms with E-state index in [2.05, 4.69) is 10.1 Å². The molecule has 26 heavy (non-hydrogen) atoms. The Morgan fingerprint density at radius 1 is 1.54 bits per heavy atom. The molecule has 1 aliphatic heterocycles. The zero-order chi connectivity index (χ0) is 19.9. The van der Waals surface area contributed by atoms with Gasteiger partial charge in [-0.05, 0) is 13.0 Å². The summed E-state index contributed by atoms with van der Waals surface area (Å²) >= 11 is 0. The van der Waals surface area contributed by atoms with Gasteiger partial charge in [-0.25, -0.2) is 4.79 Å². The number of carbonyl (C=O) groups is 2. The van der Waals surface area contributed by atoms with Crippen LogP contribution in [0.5, 0.6) is 0 Å². The second kappa shape index (κ2) is 6.48. The topological polar surface area (TPSA) is 135 Å². The van der Waals surface area contributed by atoms with Crippen molar-refractivity contribution in [2.24, 2.45) is 5.92 Å². The minimum absolute atomic E-state index is 0.0809. The number of rotatable bonds is 4. The van der Waals surface area contributed by atoms with Crippen molar-refractivity contribution >= 4 is 17.9 Å². The van der Waals surface area contributed by atoms with E-state index in [0.29, 0.717) is 7.05 Å². The molecule has 3 atom stereocenters. The fourth-order valence-electron chi connectivity index (χ4n) is 2.65. The molecule has 0 bridgehead atoms. The molecular weight excluding hydrogens is 367 g/mol. The van der Waals surface area contributed by atoms with Crippen molar-refractivity contribution in [3.63, 3.8) is 0 Å². The summed E-state index contributed by atoms with van der Waals surface area (Å²) in [5.74, 6) is -5.19. The van der Waals surface area contributed by atoms with Crippen molar-refractivity contribution in [2.45, 2.75) is 24.9 Å². The first-order valence-corrected chi connectivity index (χ1v) is 7.19. The molecule has 2 heterocycles. The fourth-order valence-corrected chi connectivity index (χ4v) is 2.65. The summed E-state index contributed by atoms with van der Waals surface area (Å²) in [6.45, 7) is 1.04. The summed E-state index contributed by atoms with van der Waals surface area (Å²) in [5.41, 5.74) is -3.92. The Labute approximate surface area is 143 Å². The maximum Gasteiger partial charge on any atom is 0.437 e.